The van der Waals surface area contributed by atoms with Gasteiger partial charge in [0.25, 0.3) is 5.91 Å². The molecule has 1 aromatic rings. The number of anilines is 1. The molecule has 1 aliphatic rings. The summed E-state index contributed by atoms with van der Waals surface area (Å²) in [6, 6.07) is 4.65. The molecule has 0 saturated carbocycles. The number of benzene rings is 1. The Morgan fingerprint density at radius 2 is 1.81 bits per heavy atom. The first-order chi connectivity index (χ1) is 9.80. The Morgan fingerprint density at radius 1 is 1.19 bits per heavy atom. The summed E-state index contributed by atoms with van der Waals surface area (Å²) in [4.78, 5) is 15.8. The van der Waals surface area contributed by atoms with E-state index >= 15 is 0 Å². The predicted molar refractivity (Wildman–Crippen MR) is 81.9 cm³/mol. The van der Waals surface area contributed by atoms with E-state index in [9.17, 15) is 13.2 Å². The number of nitrogens with two attached hydrogens (primary N) is 1. The zero-order valence-corrected chi connectivity index (χ0v) is 13.2. The first-order valence-corrected chi connectivity index (χ1v) is 8.49. The van der Waals surface area contributed by atoms with Crippen molar-refractivity contribution in [2.24, 2.45) is 5.14 Å². The number of carbonyl (C=O) groups excluding carboxylic acids is 1. The number of sulfonamides is 1. The molecule has 7 heteroatoms. The zero-order valence-electron chi connectivity index (χ0n) is 12.4. The highest BCUT2D eigenvalue weighted by Crippen LogP contribution is 2.25. The molecule has 116 valence electrons. The van der Waals surface area contributed by atoms with E-state index in [2.05, 4.69) is 0 Å². The lowest BCUT2D eigenvalue weighted by Crippen LogP contribution is -2.35. The van der Waals surface area contributed by atoms with Crippen LogP contribution in [0.15, 0.2) is 23.1 Å². The van der Waals surface area contributed by atoms with Gasteiger partial charge in [0.15, 0.2) is 0 Å². The molecule has 0 atom stereocenters. The van der Waals surface area contributed by atoms with E-state index in [0.717, 1.165) is 32.4 Å². The monoisotopic (exact) mass is 311 g/mol. The molecule has 1 amide bonds. The van der Waals surface area contributed by atoms with Crippen molar-refractivity contribution in [3.63, 3.8) is 0 Å². The van der Waals surface area contributed by atoms with Crippen LogP contribution >= 0.6 is 0 Å². The average Bonchev–Trinajstić information content (AvgIpc) is 2.45. The smallest absolute Gasteiger partial charge is 0.253 e. The van der Waals surface area contributed by atoms with Gasteiger partial charge in [0.05, 0.1) is 5.69 Å². The number of carbonyl (C=O) groups is 1. The molecule has 1 saturated heterocycles. The lowest BCUT2D eigenvalue weighted by molar-refractivity contribution is 0.0724. The number of nitrogens with zero attached hydrogens (tertiary/aromatic N) is 2. The van der Waals surface area contributed by atoms with Crippen LogP contribution in [0.25, 0.3) is 0 Å². The van der Waals surface area contributed by atoms with Gasteiger partial charge in [-0.05, 0) is 37.5 Å². The van der Waals surface area contributed by atoms with Gasteiger partial charge >= 0.3 is 0 Å². The van der Waals surface area contributed by atoms with Crippen molar-refractivity contribution >= 4 is 21.6 Å². The van der Waals surface area contributed by atoms with E-state index in [0.29, 0.717) is 11.3 Å². The topological polar surface area (TPSA) is 83.7 Å². The first kappa shape index (κ1) is 15.8. The molecule has 6 nitrogen and oxygen atoms in total. The van der Waals surface area contributed by atoms with E-state index < -0.39 is 10.0 Å². The largest absolute Gasteiger partial charge is 0.377 e. The molecule has 1 heterocycles. The number of rotatable bonds is 3. The quantitative estimate of drug-likeness (QED) is 0.903. The lowest BCUT2D eigenvalue weighted by atomic mass is 10.1. The van der Waals surface area contributed by atoms with Gasteiger partial charge < -0.3 is 9.80 Å². The number of hydrogen-bond donors (Lipinski definition) is 1. The predicted octanol–water partition coefficient (Wildman–Crippen LogP) is 1.03. The van der Waals surface area contributed by atoms with Crippen LogP contribution in [-0.2, 0) is 10.0 Å². The van der Waals surface area contributed by atoms with E-state index in [4.69, 9.17) is 5.14 Å². The zero-order chi connectivity index (χ0) is 15.6. The van der Waals surface area contributed by atoms with Gasteiger partial charge in [-0.1, -0.05) is 0 Å². The fourth-order valence-corrected chi connectivity index (χ4v) is 3.36. The van der Waals surface area contributed by atoms with Crippen molar-refractivity contribution in [3.8, 4) is 0 Å². The second kappa shape index (κ2) is 6.03. The molecule has 1 aliphatic heterocycles. The standard InChI is InChI=1S/C14H21N3O3S/c1-16(2)12-7-6-11(10-13(12)21(15,19)20)14(18)17-8-4-3-5-9-17/h6-7,10H,3-5,8-9H2,1-2H3,(H2,15,19,20). The number of likely N-dealkylation sites (tertiary alicyclic amines) is 1. The highest BCUT2D eigenvalue weighted by Gasteiger charge is 2.22. The van der Waals surface area contributed by atoms with Crippen LogP contribution < -0.4 is 10.0 Å². The van der Waals surface area contributed by atoms with E-state index in [-0.39, 0.29) is 10.8 Å². The molecule has 1 fully saturated rings. The molecular formula is C14H21N3O3S. The van der Waals surface area contributed by atoms with E-state index in [1.165, 1.54) is 6.07 Å². The molecule has 0 aliphatic carbocycles. The molecule has 0 radical (unpaired) electrons. The fourth-order valence-electron chi connectivity index (χ4n) is 2.52. The molecule has 0 aromatic heterocycles. The first-order valence-electron chi connectivity index (χ1n) is 6.94. The van der Waals surface area contributed by atoms with Gasteiger partial charge in [-0.3, -0.25) is 4.79 Å². The van der Waals surface area contributed by atoms with Crippen LogP contribution in [0.1, 0.15) is 29.6 Å². The summed E-state index contributed by atoms with van der Waals surface area (Å²) < 4.78 is 23.5. The minimum atomic E-state index is -3.88. The highest BCUT2D eigenvalue weighted by atomic mass is 32.2. The highest BCUT2D eigenvalue weighted by molar-refractivity contribution is 7.89. The van der Waals surface area contributed by atoms with Crippen molar-refractivity contribution < 1.29 is 13.2 Å². The third-order valence-corrected chi connectivity index (χ3v) is 4.58. The van der Waals surface area contributed by atoms with E-state index in [1.807, 2.05) is 0 Å². The summed E-state index contributed by atoms with van der Waals surface area (Å²) >= 11 is 0. The minimum Gasteiger partial charge on any atom is -0.377 e. The molecule has 21 heavy (non-hydrogen) atoms. The molecule has 0 bridgehead atoms. The average molecular weight is 311 g/mol. The van der Waals surface area contributed by atoms with Crippen molar-refractivity contribution in [1.29, 1.82) is 0 Å². The van der Waals surface area contributed by atoms with E-state index in [1.54, 1.807) is 36.0 Å². The molecular weight excluding hydrogens is 290 g/mol. The Hall–Kier alpha value is -1.60. The Morgan fingerprint density at radius 3 is 2.33 bits per heavy atom. The summed E-state index contributed by atoms with van der Waals surface area (Å²) in [5.74, 6) is -0.134. The Balaban J connectivity index is 2.39. The summed E-state index contributed by atoms with van der Waals surface area (Å²) in [5, 5.41) is 5.26. The second-order valence-electron chi connectivity index (χ2n) is 5.47. The third kappa shape index (κ3) is 3.54. The molecule has 1 aromatic carbocycles. The van der Waals surface area contributed by atoms with Crippen LogP contribution in [0, 0.1) is 0 Å². The number of piperidine rings is 1. The summed E-state index contributed by atoms with van der Waals surface area (Å²) in [5.41, 5.74) is 0.846. The summed E-state index contributed by atoms with van der Waals surface area (Å²) in [6.07, 6.45) is 3.11. The second-order valence-corrected chi connectivity index (χ2v) is 7.00. The van der Waals surface area contributed by atoms with Crippen LogP contribution in [0.5, 0.6) is 0 Å². The van der Waals surface area contributed by atoms with Crippen LogP contribution in [0.4, 0.5) is 5.69 Å². The van der Waals surface area contributed by atoms with Gasteiger partial charge in [0.1, 0.15) is 4.90 Å². The van der Waals surface area contributed by atoms with Gasteiger partial charge in [0, 0.05) is 32.7 Å². The molecule has 0 unspecified atom stereocenters. The number of primary sulfonamides is 1. The Kier molecular flexibility index (Phi) is 4.53. The van der Waals surface area contributed by atoms with Crippen molar-refractivity contribution in [2.45, 2.75) is 24.2 Å². The molecule has 2 rings (SSSR count). The molecule has 2 N–H and O–H groups in total. The minimum absolute atomic E-state index is 0.0182. The van der Waals surface area contributed by atoms with Gasteiger partial charge in [-0.25, -0.2) is 13.6 Å². The Labute approximate surface area is 125 Å². The number of hydrogen-bond acceptors (Lipinski definition) is 4. The third-order valence-electron chi connectivity index (χ3n) is 3.64. The van der Waals surface area contributed by atoms with Crippen LogP contribution in [-0.4, -0.2) is 46.4 Å². The summed E-state index contributed by atoms with van der Waals surface area (Å²) in [7, 11) is -0.413. The lowest BCUT2D eigenvalue weighted by Gasteiger charge is -2.27. The van der Waals surface area contributed by atoms with Crippen LogP contribution in [0.2, 0.25) is 0 Å². The SMILES string of the molecule is CN(C)c1ccc(C(=O)N2CCCCC2)cc1S(N)(=O)=O. The van der Waals surface area contributed by atoms with Gasteiger partial charge in [-0.15, -0.1) is 0 Å². The fraction of sp³-hybridized carbons (Fsp3) is 0.500. The van der Waals surface area contributed by atoms with Gasteiger partial charge in [0.2, 0.25) is 10.0 Å². The normalized spacial score (nSPS) is 15.9. The Bertz CT molecular complexity index is 635. The van der Waals surface area contributed by atoms with Crippen LogP contribution in [0.3, 0.4) is 0 Å². The maximum Gasteiger partial charge on any atom is 0.253 e. The maximum absolute atomic E-state index is 12.4. The molecule has 0 spiro atoms. The number of amides is 1. The van der Waals surface area contributed by atoms with Crippen molar-refractivity contribution in [3.05, 3.63) is 23.8 Å². The van der Waals surface area contributed by atoms with Gasteiger partial charge in [-0.2, -0.15) is 0 Å². The van der Waals surface area contributed by atoms with Crippen molar-refractivity contribution in [1.82, 2.24) is 4.90 Å². The summed E-state index contributed by atoms with van der Waals surface area (Å²) in [6.45, 7) is 1.44. The maximum atomic E-state index is 12.4. The van der Waals surface area contributed by atoms with Crippen molar-refractivity contribution in [2.75, 3.05) is 32.1 Å².